The maximum absolute atomic E-state index is 10.8. The van der Waals surface area contributed by atoms with Crippen LogP contribution >= 0.6 is 0 Å². The minimum absolute atomic E-state index is 0.752. The molecule has 0 saturated carbocycles. The molecular formula is C15H23NO. The van der Waals surface area contributed by atoms with Gasteiger partial charge in [0.2, 0.25) is 0 Å². The average Bonchev–Trinajstić information content (AvgIpc) is 2.30. The van der Waals surface area contributed by atoms with E-state index >= 15 is 0 Å². The molecule has 2 nitrogen and oxygen atoms in total. The van der Waals surface area contributed by atoms with Crippen LogP contribution in [-0.2, 0) is 0 Å². The van der Waals surface area contributed by atoms with Gasteiger partial charge in [0, 0.05) is 0 Å². The van der Waals surface area contributed by atoms with Gasteiger partial charge in [0.1, 0.15) is 0 Å². The Kier molecular flexibility index (Phi) is 5.88. The lowest BCUT2D eigenvalue weighted by atomic mass is 10.00. The second kappa shape index (κ2) is 7.21. The summed E-state index contributed by atoms with van der Waals surface area (Å²) in [4.78, 5) is 10.8. The first-order valence-corrected chi connectivity index (χ1v) is 6.46. The van der Waals surface area contributed by atoms with Gasteiger partial charge in [0.05, 0.1) is 5.70 Å². The number of nitrogens with zero attached hydrogens (tertiary/aromatic N) is 1. The molecule has 0 aliphatic heterocycles. The quantitative estimate of drug-likeness (QED) is 0.448. The van der Waals surface area contributed by atoms with Crippen molar-refractivity contribution in [2.75, 3.05) is 0 Å². The maximum atomic E-state index is 10.8. The molecular weight excluding hydrogens is 210 g/mol. The summed E-state index contributed by atoms with van der Waals surface area (Å²) in [5.74, 6) is 0. The molecule has 0 spiro atoms. The van der Waals surface area contributed by atoms with E-state index in [2.05, 4.69) is 31.2 Å². The van der Waals surface area contributed by atoms with E-state index in [-0.39, 0.29) is 0 Å². The van der Waals surface area contributed by atoms with Gasteiger partial charge in [-0.2, -0.15) is 0 Å². The van der Waals surface area contributed by atoms with E-state index in [0.717, 1.165) is 49.8 Å². The van der Waals surface area contributed by atoms with Crippen molar-refractivity contribution in [2.45, 2.75) is 59.3 Å². The summed E-state index contributed by atoms with van der Waals surface area (Å²) in [5, 5.41) is 3.19. The summed E-state index contributed by atoms with van der Waals surface area (Å²) in [5.41, 5.74) is 4.74. The van der Waals surface area contributed by atoms with Gasteiger partial charge >= 0.3 is 0 Å². The molecule has 1 rings (SSSR count). The smallest absolute Gasteiger partial charge is 0.0841 e. The van der Waals surface area contributed by atoms with Crippen molar-refractivity contribution < 1.29 is 0 Å². The molecule has 0 fully saturated rings. The number of hydrogen-bond acceptors (Lipinski definition) is 2. The summed E-state index contributed by atoms with van der Waals surface area (Å²) >= 11 is 0. The van der Waals surface area contributed by atoms with Crippen LogP contribution in [0.2, 0.25) is 0 Å². The second-order valence-electron chi connectivity index (χ2n) is 5.00. The lowest BCUT2D eigenvalue weighted by Crippen LogP contribution is -1.90. The van der Waals surface area contributed by atoms with Crippen LogP contribution in [0.3, 0.4) is 0 Å². The normalized spacial score (nSPS) is 19.9. The van der Waals surface area contributed by atoms with Crippen LogP contribution in [0.25, 0.3) is 0 Å². The molecule has 1 aliphatic carbocycles. The highest BCUT2D eigenvalue weighted by Crippen LogP contribution is 2.21. The summed E-state index contributed by atoms with van der Waals surface area (Å²) in [6.07, 6.45) is 10.6. The van der Waals surface area contributed by atoms with Crippen LogP contribution in [0.4, 0.5) is 0 Å². The highest BCUT2D eigenvalue weighted by Gasteiger charge is 2.04. The molecule has 0 bridgehead atoms. The monoisotopic (exact) mass is 233 g/mol. The molecule has 0 heterocycles. The Bertz CT molecular complexity index is 361. The highest BCUT2D eigenvalue weighted by molar-refractivity contribution is 5.15. The summed E-state index contributed by atoms with van der Waals surface area (Å²) in [6, 6.07) is 0. The topological polar surface area (TPSA) is 29.4 Å². The number of hydrogen-bond donors (Lipinski definition) is 0. The van der Waals surface area contributed by atoms with Crippen molar-refractivity contribution >= 4 is 0 Å². The lowest BCUT2D eigenvalue weighted by molar-refractivity contribution is 0.834. The fourth-order valence-corrected chi connectivity index (χ4v) is 2.07. The Morgan fingerprint density at radius 1 is 0.882 bits per heavy atom. The SMILES string of the molecule is CC1=CCCC(N=O)=C(C)CCC(C)=CCC1. The summed E-state index contributed by atoms with van der Waals surface area (Å²) in [7, 11) is 0. The zero-order valence-electron chi connectivity index (χ0n) is 11.3. The van der Waals surface area contributed by atoms with Crippen LogP contribution < -0.4 is 0 Å². The van der Waals surface area contributed by atoms with E-state index in [4.69, 9.17) is 0 Å². The first kappa shape index (κ1) is 13.9. The summed E-state index contributed by atoms with van der Waals surface area (Å²) < 4.78 is 0. The van der Waals surface area contributed by atoms with E-state index < -0.39 is 0 Å². The van der Waals surface area contributed by atoms with Gasteiger partial charge in [0.25, 0.3) is 0 Å². The maximum Gasteiger partial charge on any atom is 0.0841 e. The Labute approximate surface area is 104 Å². The Morgan fingerprint density at radius 3 is 2.12 bits per heavy atom. The van der Waals surface area contributed by atoms with Gasteiger partial charge < -0.3 is 0 Å². The van der Waals surface area contributed by atoms with Crippen molar-refractivity contribution in [3.8, 4) is 0 Å². The van der Waals surface area contributed by atoms with Gasteiger partial charge in [-0.25, -0.2) is 0 Å². The first-order chi connectivity index (χ1) is 8.13. The van der Waals surface area contributed by atoms with Crippen molar-refractivity contribution in [3.63, 3.8) is 0 Å². The third kappa shape index (κ3) is 5.12. The zero-order valence-corrected chi connectivity index (χ0v) is 11.3. The molecule has 17 heavy (non-hydrogen) atoms. The van der Waals surface area contributed by atoms with Crippen LogP contribution in [0.5, 0.6) is 0 Å². The van der Waals surface area contributed by atoms with E-state index in [9.17, 15) is 4.91 Å². The fraction of sp³-hybridized carbons (Fsp3) is 0.600. The van der Waals surface area contributed by atoms with Gasteiger partial charge in [-0.3, -0.25) is 0 Å². The highest BCUT2D eigenvalue weighted by atomic mass is 16.3. The average molecular weight is 233 g/mol. The van der Waals surface area contributed by atoms with Crippen LogP contribution in [0, 0.1) is 4.91 Å². The predicted octanol–water partition coefficient (Wildman–Crippen LogP) is 5.27. The summed E-state index contributed by atoms with van der Waals surface area (Å²) in [6.45, 7) is 6.37. The molecule has 1 aliphatic rings. The minimum atomic E-state index is 0.752. The molecule has 0 aromatic heterocycles. The van der Waals surface area contributed by atoms with Crippen LogP contribution in [0.15, 0.2) is 39.7 Å². The first-order valence-electron chi connectivity index (χ1n) is 6.46. The Hall–Kier alpha value is -1.18. The third-order valence-corrected chi connectivity index (χ3v) is 3.40. The Morgan fingerprint density at radius 2 is 1.47 bits per heavy atom. The minimum Gasteiger partial charge on any atom is -0.145 e. The molecule has 0 radical (unpaired) electrons. The molecule has 2 heteroatoms. The third-order valence-electron chi connectivity index (χ3n) is 3.40. The van der Waals surface area contributed by atoms with Gasteiger partial charge in [0.15, 0.2) is 0 Å². The molecule has 0 amide bonds. The van der Waals surface area contributed by atoms with Gasteiger partial charge in [-0.15, -0.1) is 4.91 Å². The van der Waals surface area contributed by atoms with Crippen molar-refractivity contribution in [1.29, 1.82) is 0 Å². The lowest BCUT2D eigenvalue weighted by Gasteiger charge is -2.08. The Balaban J connectivity index is 2.83. The molecule has 0 aromatic carbocycles. The number of allylic oxidation sites excluding steroid dienone is 6. The molecule has 0 aromatic rings. The second-order valence-corrected chi connectivity index (χ2v) is 5.00. The van der Waals surface area contributed by atoms with E-state index in [1.165, 1.54) is 11.1 Å². The fourth-order valence-electron chi connectivity index (χ4n) is 2.07. The molecule has 0 atom stereocenters. The van der Waals surface area contributed by atoms with Crippen molar-refractivity contribution in [2.24, 2.45) is 5.18 Å². The largest absolute Gasteiger partial charge is 0.145 e. The molecule has 0 N–H and O–H groups in total. The van der Waals surface area contributed by atoms with E-state index in [1.54, 1.807) is 0 Å². The number of nitroso groups, excluding NO2 is 1. The zero-order chi connectivity index (χ0) is 12.7. The van der Waals surface area contributed by atoms with E-state index in [1.807, 2.05) is 6.92 Å². The van der Waals surface area contributed by atoms with Gasteiger partial charge in [-0.1, -0.05) is 23.3 Å². The van der Waals surface area contributed by atoms with Crippen LogP contribution in [0.1, 0.15) is 59.3 Å². The van der Waals surface area contributed by atoms with Gasteiger partial charge in [-0.05, 0) is 70.0 Å². The predicted molar refractivity (Wildman–Crippen MR) is 73.7 cm³/mol. The van der Waals surface area contributed by atoms with Crippen molar-refractivity contribution in [3.05, 3.63) is 39.5 Å². The standard InChI is InChI=1S/C15H23NO/c1-12-6-4-7-13(2)10-11-14(3)15(16-17)9-5-8-12/h7-8H,4-6,9-11H2,1-3H3. The van der Waals surface area contributed by atoms with E-state index in [0.29, 0.717) is 0 Å². The van der Waals surface area contributed by atoms with Crippen LogP contribution in [-0.4, -0.2) is 0 Å². The van der Waals surface area contributed by atoms with Crippen molar-refractivity contribution in [1.82, 2.24) is 0 Å². The molecule has 0 unspecified atom stereocenters. The molecule has 0 saturated heterocycles. The number of rotatable bonds is 1. The molecule has 94 valence electrons.